The van der Waals surface area contributed by atoms with E-state index in [1.54, 1.807) is 0 Å². The van der Waals surface area contributed by atoms with Gasteiger partial charge in [0.25, 0.3) is 15.6 Å². The maximum atomic E-state index is 13.6. The number of hydrogen-bond acceptors (Lipinski definition) is 29. The molecule has 0 amide bonds. The van der Waals surface area contributed by atoms with Gasteiger partial charge in [0.1, 0.15) is 19.3 Å². The van der Waals surface area contributed by atoms with Gasteiger partial charge in [-0.3, -0.25) is 42.4 Å². The minimum absolute atomic E-state index is 0.234. The van der Waals surface area contributed by atoms with Gasteiger partial charge >= 0.3 is 43.6 Å². The molecule has 0 heterocycles. The molecule has 0 saturated carbocycles. The minimum Gasteiger partial charge on any atom is -0.756 e. The predicted octanol–water partition coefficient (Wildman–Crippen LogP) is -0.717. The molecule has 0 saturated heterocycles. The Bertz CT molecular complexity index is 1590. The lowest BCUT2D eigenvalue weighted by atomic mass is 9.92. The number of carbonyl (C=O) groups excluding carboxylic acids is 6. The van der Waals surface area contributed by atoms with Crippen LogP contribution in [-0.4, -0.2) is 195 Å². The van der Waals surface area contributed by atoms with Gasteiger partial charge in [0.2, 0.25) is 5.79 Å². The molecule has 0 aliphatic heterocycles. The van der Waals surface area contributed by atoms with Crippen molar-refractivity contribution in [3.63, 3.8) is 0 Å². The number of carbonyl (C=O) groups is 6. The minimum atomic E-state index is -5.59. The molecule has 0 radical (unpaired) electrons. The summed E-state index contributed by atoms with van der Waals surface area (Å²) in [7, 11) is -9.14. The van der Waals surface area contributed by atoms with Gasteiger partial charge in [0.05, 0.1) is 166 Å². The molecule has 4 atom stereocenters. The van der Waals surface area contributed by atoms with E-state index >= 15 is 0 Å². The van der Waals surface area contributed by atoms with Crippen LogP contribution < -0.4 is 9.79 Å². The van der Waals surface area contributed by atoms with Crippen LogP contribution in [0.25, 0.3) is 0 Å². The maximum Gasteiger partial charge on any atom is 0.475 e. The second kappa shape index (κ2) is 35.9. The molecule has 30 nitrogen and oxygen atoms in total. The van der Waals surface area contributed by atoms with Crippen molar-refractivity contribution in [1.82, 2.24) is 0 Å². The van der Waals surface area contributed by atoms with E-state index in [9.17, 15) is 57.1 Å². The highest BCUT2D eigenvalue weighted by Crippen LogP contribution is 2.50. The van der Waals surface area contributed by atoms with Crippen molar-refractivity contribution in [3.8, 4) is 0 Å². The number of phosphoric ester groups is 3. The van der Waals surface area contributed by atoms with Crippen molar-refractivity contribution in [3.05, 3.63) is 0 Å². The summed E-state index contributed by atoms with van der Waals surface area (Å²) in [6.45, 7) is -8.63. The molecule has 0 spiro atoms. The van der Waals surface area contributed by atoms with Crippen molar-refractivity contribution in [2.24, 2.45) is 5.41 Å². The van der Waals surface area contributed by atoms with E-state index in [-0.39, 0.29) is 65.1 Å². The van der Waals surface area contributed by atoms with Crippen molar-refractivity contribution >= 4 is 59.3 Å². The number of rotatable bonds is 43. The third-order valence-electron chi connectivity index (χ3n) is 8.31. The highest BCUT2D eigenvalue weighted by atomic mass is 31.2. The van der Waals surface area contributed by atoms with Gasteiger partial charge in [-0.25, -0.2) is 9.09 Å². The third kappa shape index (κ3) is 32.5. The average molecular weight is 1070 g/mol. The Morgan fingerprint density at radius 2 is 0.797 bits per heavy atom. The fraction of sp³-hybridized carbons (Fsp3) is 0.833. The molecule has 0 aromatic carbocycles. The van der Waals surface area contributed by atoms with Crippen LogP contribution >= 0.6 is 23.5 Å². The van der Waals surface area contributed by atoms with E-state index in [1.807, 2.05) is 0 Å². The van der Waals surface area contributed by atoms with E-state index in [2.05, 4.69) is 32.9 Å². The van der Waals surface area contributed by atoms with E-state index < -0.39 is 142 Å². The standard InChI is InChI=1S/C36H65O30P3/c1-49-29(37)8-14-56-22-35(23-57-15-9-30(38)50-2,24-58-16-10-31(39)51-3)25-64-68(45,46)62-20-28(65-67(43,44)55-7)21-63-69(47,48)66-36(61-19-13-34(42)54-6,26-59-17-11-32(40)52-4)27-60-18-12-33(41)53-5/h28H,8-27H2,1-7H3,(H,43,44)(H,45,46)(H,47,48)/p-2. The van der Waals surface area contributed by atoms with Gasteiger partial charge in [-0.05, 0) is 0 Å². The van der Waals surface area contributed by atoms with Gasteiger partial charge in [0, 0.05) is 7.11 Å². The second-order valence-corrected chi connectivity index (χ2v) is 18.0. The summed E-state index contributed by atoms with van der Waals surface area (Å²) in [6, 6.07) is 0. The summed E-state index contributed by atoms with van der Waals surface area (Å²) < 4.78 is 129. The van der Waals surface area contributed by atoms with Gasteiger partial charge in [-0.2, -0.15) is 0 Å². The van der Waals surface area contributed by atoms with Crippen LogP contribution in [-0.2, 0) is 126 Å². The number of methoxy groups -OCH3 is 6. The summed E-state index contributed by atoms with van der Waals surface area (Å²) >= 11 is 0. The number of hydrogen-bond donors (Lipinski definition) is 1. The molecule has 0 bridgehead atoms. The average Bonchev–Trinajstić information content (AvgIpc) is 3.32. The molecule has 0 rings (SSSR count). The molecule has 69 heavy (non-hydrogen) atoms. The van der Waals surface area contributed by atoms with Gasteiger partial charge < -0.3 is 89.6 Å². The SMILES string of the molecule is COC(=O)CCOCC(COCCC(=O)OC)(COCCC(=O)OC)COP(=O)([O-])OCC(COP(=O)(O)OC(COCCC(=O)OC)(COCCC(=O)OC)OCCC(=O)OC)OP(=O)([O-])OC. The van der Waals surface area contributed by atoms with Crippen LogP contribution in [0.3, 0.4) is 0 Å². The highest BCUT2D eigenvalue weighted by molar-refractivity contribution is 7.47. The van der Waals surface area contributed by atoms with Crippen LogP contribution in [0, 0.1) is 5.41 Å². The van der Waals surface area contributed by atoms with Crippen LogP contribution in [0.5, 0.6) is 0 Å². The zero-order valence-electron chi connectivity index (χ0n) is 39.3. The first kappa shape index (κ1) is 65.9. The zero-order chi connectivity index (χ0) is 52.4. The van der Waals surface area contributed by atoms with E-state index in [0.717, 1.165) is 42.7 Å². The lowest BCUT2D eigenvalue weighted by Gasteiger charge is -2.36. The van der Waals surface area contributed by atoms with E-state index in [1.165, 1.54) is 0 Å². The molecule has 33 heteroatoms. The summed E-state index contributed by atoms with van der Waals surface area (Å²) in [4.78, 5) is 107. The monoisotopic (exact) mass is 1070 g/mol. The quantitative estimate of drug-likeness (QED) is 0.0259. The molecule has 0 aliphatic rings. The summed E-state index contributed by atoms with van der Waals surface area (Å²) in [5, 5.41) is 0. The number of ether oxygens (including phenoxy) is 12. The van der Waals surface area contributed by atoms with Crippen molar-refractivity contribution in [2.45, 2.75) is 50.4 Å². The fourth-order valence-electron chi connectivity index (χ4n) is 4.66. The topological polar surface area (TPSA) is 386 Å². The fourth-order valence-corrected chi connectivity index (χ4v) is 7.08. The van der Waals surface area contributed by atoms with Crippen molar-refractivity contribution in [1.29, 1.82) is 0 Å². The molecule has 0 aromatic rings. The van der Waals surface area contributed by atoms with Gasteiger partial charge in [0.15, 0.2) is 0 Å². The van der Waals surface area contributed by atoms with E-state index in [0.29, 0.717) is 7.11 Å². The molecular formula is C36H63O30P3-2. The van der Waals surface area contributed by atoms with Gasteiger partial charge in [-0.1, -0.05) is 0 Å². The lowest BCUT2D eigenvalue weighted by Crippen LogP contribution is -2.46. The van der Waals surface area contributed by atoms with Crippen LogP contribution in [0.1, 0.15) is 38.5 Å². The smallest absolute Gasteiger partial charge is 0.475 e. The first-order chi connectivity index (χ1) is 32.5. The van der Waals surface area contributed by atoms with E-state index in [4.69, 9.17) is 51.0 Å². The number of phosphoric acid groups is 3. The van der Waals surface area contributed by atoms with Crippen LogP contribution in [0.4, 0.5) is 0 Å². The first-order valence-corrected chi connectivity index (χ1v) is 24.7. The lowest BCUT2D eigenvalue weighted by molar-refractivity contribution is -0.250. The Kier molecular flexibility index (Phi) is 34.3. The zero-order valence-corrected chi connectivity index (χ0v) is 42.0. The summed E-state index contributed by atoms with van der Waals surface area (Å²) in [5.74, 6) is -6.67. The van der Waals surface area contributed by atoms with Crippen molar-refractivity contribution in [2.75, 3.05) is 142 Å². The van der Waals surface area contributed by atoms with Crippen LogP contribution in [0.15, 0.2) is 0 Å². The molecular weight excluding hydrogens is 1010 g/mol. The third-order valence-corrected chi connectivity index (χ3v) is 11.3. The van der Waals surface area contributed by atoms with Crippen molar-refractivity contribution < 1.29 is 141 Å². The molecule has 0 aliphatic carbocycles. The number of esters is 6. The largest absolute Gasteiger partial charge is 0.756 e. The first-order valence-electron chi connectivity index (χ1n) is 20.3. The predicted molar refractivity (Wildman–Crippen MR) is 221 cm³/mol. The van der Waals surface area contributed by atoms with Crippen LogP contribution in [0.2, 0.25) is 0 Å². The normalized spacial score (nSPS) is 14.9. The summed E-state index contributed by atoms with van der Waals surface area (Å²) in [5.41, 5.74) is -1.61. The molecule has 4 unspecified atom stereocenters. The Labute approximate surface area is 398 Å². The summed E-state index contributed by atoms with van der Waals surface area (Å²) in [6.07, 6.45) is -3.95. The molecule has 404 valence electrons. The highest BCUT2D eigenvalue weighted by Gasteiger charge is 2.43. The second-order valence-electron chi connectivity index (χ2n) is 13.7. The Morgan fingerprint density at radius 3 is 1.14 bits per heavy atom. The Morgan fingerprint density at radius 1 is 0.464 bits per heavy atom. The Balaban J connectivity index is 6.57. The van der Waals surface area contributed by atoms with Gasteiger partial charge in [-0.15, -0.1) is 0 Å². The maximum absolute atomic E-state index is 13.6. The Hall–Kier alpha value is -3.09. The molecule has 0 fully saturated rings. The molecule has 0 aromatic heterocycles. The molecule has 1 N–H and O–H groups in total.